The van der Waals surface area contributed by atoms with Crippen molar-refractivity contribution in [2.24, 2.45) is 5.73 Å². The van der Waals surface area contributed by atoms with E-state index in [2.05, 4.69) is 15.0 Å². The molecule has 0 spiro atoms. The Hall–Kier alpha value is -1.67. The average molecular weight is 402 g/mol. The molecular weight excluding hydrogens is 377 g/mol. The highest BCUT2D eigenvalue weighted by atomic mass is 35.5. The van der Waals surface area contributed by atoms with E-state index in [0.29, 0.717) is 31.3 Å². The lowest BCUT2D eigenvalue weighted by Gasteiger charge is -2.34. The van der Waals surface area contributed by atoms with Crippen LogP contribution >= 0.6 is 24.8 Å². The molecule has 2 heterocycles. The maximum absolute atomic E-state index is 11.9. The van der Waals surface area contributed by atoms with Crippen molar-refractivity contribution in [2.75, 3.05) is 26.2 Å². The van der Waals surface area contributed by atoms with E-state index >= 15 is 0 Å². The fraction of sp³-hybridized carbons (Fsp3) is 0.471. The molecule has 2 N–H and O–H groups in total. The largest absolute Gasteiger partial charge is 0.339 e. The standard InChI is InChI=1S/C17H23N5O2.2ClH/c1-12-3-5-14(6-4-12)16-19-15(24-20-16)11-21-7-9-22(10-8-21)17(23)13(2)18;;/h3-6,13H,7-11,18H2,1-2H3;2*1H/t13-;;/m1../s1. The molecule has 1 saturated heterocycles. The molecule has 1 atom stereocenters. The molecule has 0 radical (unpaired) electrons. The zero-order valence-electron chi connectivity index (χ0n) is 14.9. The topological polar surface area (TPSA) is 88.5 Å². The predicted molar refractivity (Wildman–Crippen MR) is 104 cm³/mol. The summed E-state index contributed by atoms with van der Waals surface area (Å²) in [4.78, 5) is 20.4. The molecule has 1 amide bonds. The number of aryl methyl sites for hydroxylation is 1. The van der Waals surface area contributed by atoms with Crippen LogP contribution in [0.3, 0.4) is 0 Å². The summed E-state index contributed by atoms with van der Waals surface area (Å²) in [5.74, 6) is 1.21. The molecule has 1 aliphatic heterocycles. The summed E-state index contributed by atoms with van der Waals surface area (Å²) in [6, 6.07) is 7.59. The van der Waals surface area contributed by atoms with Gasteiger partial charge in [0.15, 0.2) is 0 Å². The van der Waals surface area contributed by atoms with Gasteiger partial charge in [-0.2, -0.15) is 4.98 Å². The van der Waals surface area contributed by atoms with Gasteiger partial charge in [-0.15, -0.1) is 24.8 Å². The Bertz CT molecular complexity index is 697. The van der Waals surface area contributed by atoms with Crippen molar-refractivity contribution in [3.63, 3.8) is 0 Å². The molecule has 7 nitrogen and oxygen atoms in total. The van der Waals surface area contributed by atoms with Gasteiger partial charge in [-0.25, -0.2) is 0 Å². The summed E-state index contributed by atoms with van der Waals surface area (Å²) < 4.78 is 5.36. The van der Waals surface area contributed by atoms with Gasteiger partial charge in [0.2, 0.25) is 17.6 Å². The van der Waals surface area contributed by atoms with E-state index in [0.717, 1.165) is 18.7 Å². The highest BCUT2D eigenvalue weighted by Gasteiger charge is 2.24. The normalized spacial score (nSPS) is 15.7. The van der Waals surface area contributed by atoms with Gasteiger partial charge >= 0.3 is 0 Å². The molecule has 0 saturated carbocycles. The first-order valence-electron chi connectivity index (χ1n) is 8.19. The molecule has 1 fully saturated rings. The van der Waals surface area contributed by atoms with E-state index in [9.17, 15) is 4.79 Å². The van der Waals surface area contributed by atoms with Gasteiger partial charge in [-0.1, -0.05) is 35.0 Å². The molecule has 144 valence electrons. The van der Waals surface area contributed by atoms with E-state index in [1.807, 2.05) is 36.1 Å². The number of piperazine rings is 1. The van der Waals surface area contributed by atoms with Gasteiger partial charge in [-0.05, 0) is 13.8 Å². The van der Waals surface area contributed by atoms with Crippen LogP contribution in [0.2, 0.25) is 0 Å². The van der Waals surface area contributed by atoms with E-state index in [4.69, 9.17) is 10.3 Å². The quantitative estimate of drug-likeness (QED) is 0.840. The summed E-state index contributed by atoms with van der Waals surface area (Å²) in [7, 11) is 0. The third-order valence-corrected chi connectivity index (χ3v) is 4.21. The minimum Gasteiger partial charge on any atom is -0.339 e. The van der Waals surface area contributed by atoms with Crippen molar-refractivity contribution >= 4 is 30.7 Å². The number of halogens is 2. The van der Waals surface area contributed by atoms with Crippen molar-refractivity contribution in [1.29, 1.82) is 0 Å². The number of nitrogens with two attached hydrogens (primary N) is 1. The number of aromatic nitrogens is 2. The summed E-state index contributed by atoms with van der Waals surface area (Å²) >= 11 is 0. The van der Waals surface area contributed by atoms with Crippen LogP contribution in [0.25, 0.3) is 11.4 Å². The number of carbonyl (C=O) groups is 1. The number of carbonyl (C=O) groups excluding carboxylic acids is 1. The number of amides is 1. The first-order valence-corrected chi connectivity index (χ1v) is 8.19. The Balaban J connectivity index is 0.00000169. The maximum atomic E-state index is 11.9. The second kappa shape index (κ2) is 9.87. The third-order valence-electron chi connectivity index (χ3n) is 4.21. The molecule has 9 heteroatoms. The monoisotopic (exact) mass is 401 g/mol. The Morgan fingerprint density at radius 1 is 1.19 bits per heavy atom. The first kappa shape index (κ1) is 22.4. The van der Waals surface area contributed by atoms with Gasteiger partial charge < -0.3 is 15.2 Å². The fourth-order valence-electron chi connectivity index (χ4n) is 2.74. The average Bonchev–Trinajstić information content (AvgIpc) is 3.04. The lowest BCUT2D eigenvalue weighted by Crippen LogP contribution is -2.52. The van der Waals surface area contributed by atoms with Crippen LogP contribution in [0, 0.1) is 6.92 Å². The van der Waals surface area contributed by atoms with Crippen molar-refractivity contribution in [1.82, 2.24) is 19.9 Å². The molecule has 0 bridgehead atoms. The number of hydrogen-bond acceptors (Lipinski definition) is 6. The van der Waals surface area contributed by atoms with Gasteiger partial charge in [0, 0.05) is 31.7 Å². The summed E-state index contributed by atoms with van der Waals surface area (Å²) in [6.07, 6.45) is 0. The van der Waals surface area contributed by atoms with Gasteiger partial charge in [0.25, 0.3) is 0 Å². The Kier molecular flexibility index (Phi) is 8.49. The van der Waals surface area contributed by atoms with Gasteiger partial charge in [-0.3, -0.25) is 9.69 Å². The molecule has 1 aliphatic rings. The second-order valence-electron chi connectivity index (χ2n) is 6.27. The highest BCUT2D eigenvalue weighted by Crippen LogP contribution is 2.17. The van der Waals surface area contributed by atoms with E-state index in [1.54, 1.807) is 6.92 Å². The molecule has 2 aromatic rings. The van der Waals surface area contributed by atoms with Crippen LogP contribution in [-0.2, 0) is 11.3 Å². The Labute approximate surface area is 165 Å². The summed E-state index contributed by atoms with van der Waals surface area (Å²) in [5.41, 5.74) is 7.80. The molecule has 0 aliphatic carbocycles. The SMILES string of the molecule is Cc1ccc(-c2noc(CN3CCN(C(=O)[C@@H](C)N)CC3)n2)cc1.Cl.Cl. The van der Waals surface area contributed by atoms with Crippen molar-refractivity contribution < 1.29 is 9.32 Å². The number of nitrogens with zero attached hydrogens (tertiary/aromatic N) is 4. The lowest BCUT2D eigenvalue weighted by molar-refractivity contribution is -0.134. The molecule has 3 rings (SSSR count). The van der Waals surface area contributed by atoms with Crippen LogP contribution in [0.4, 0.5) is 0 Å². The number of hydrogen-bond donors (Lipinski definition) is 1. The van der Waals surface area contributed by atoms with Crippen molar-refractivity contribution in [2.45, 2.75) is 26.4 Å². The predicted octanol–water partition coefficient (Wildman–Crippen LogP) is 1.88. The van der Waals surface area contributed by atoms with Crippen LogP contribution < -0.4 is 5.73 Å². The molecule has 1 aromatic heterocycles. The molecule has 26 heavy (non-hydrogen) atoms. The second-order valence-corrected chi connectivity index (χ2v) is 6.27. The smallest absolute Gasteiger partial charge is 0.241 e. The molecular formula is C17H25Cl2N5O2. The fourth-order valence-corrected chi connectivity index (χ4v) is 2.74. The molecule has 0 unspecified atom stereocenters. The highest BCUT2D eigenvalue weighted by molar-refractivity contribution is 5.85. The van der Waals surface area contributed by atoms with E-state index in [-0.39, 0.29) is 30.7 Å². The van der Waals surface area contributed by atoms with Gasteiger partial charge in [0.1, 0.15) is 0 Å². The third kappa shape index (κ3) is 5.41. The van der Waals surface area contributed by atoms with Crippen molar-refractivity contribution in [3.05, 3.63) is 35.7 Å². The van der Waals surface area contributed by atoms with E-state index < -0.39 is 6.04 Å². The minimum atomic E-state index is -0.440. The minimum absolute atomic E-state index is 0. The lowest BCUT2D eigenvalue weighted by atomic mass is 10.1. The van der Waals surface area contributed by atoms with Crippen molar-refractivity contribution in [3.8, 4) is 11.4 Å². The Morgan fingerprint density at radius 3 is 2.38 bits per heavy atom. The number of benzene rings is 1. The van der Waals surface area contributed by atoms with Crippen LogP contribution in [0.1, 0.15) is 18.4 Å². The van der Waals surface area contributed by atoms with Crippen LogP contribution in [0.15, 0.2) is 28.8 Å². The maximum Gasteiger partial charge on any atom is 0.241 e. The zero-order chi connectivity index (χ0) is 17.1. The molecule has 1 aromatic carbocycles. The van der Waals surface area contributed by atoms with Crippen LogP contribution in [-0.4, -0.2) is 58.1 Å². The van der Waals surface area contributed by atoms with Gasteiger partial charge in [0.05, 0.1) is 12.6 Å². The zero-order valence-corrected chi connectivity index (χ0v) is 16.6. The number of rotatable bonds is 4. The summed E-state index contributed by atoms with van der Waals surface area (Å²) in [5, 5.41) is 4.05. The van der Waals surface area contributed by atoms with Crippen LogP contribution in [0.5, 0.6) is 0 Å². The first-order chi connectivity index (χ1) is 11.5. The van der Waals surface area contributed by atoms with E-state index in [1.165, 1.54) is 5.56 Å². The summed E-state index contributed by atoms with van der Waals surface area (Å²) in [6.45, 7) is 7.28. The Morgan fingerprint density at radius 2 is 1.81 bits per heavy atom.